The second kappa shape index (κ2) is 8.84. The summed E-state index contributed by atoms with van der Waals surface area (Å²) in [4.78, 5) is 20.7. The van der Waals surface area contributed by atoms with E-state index in [1.807, 2.05) is 45.0 Å². The van der Waals surface area contributed by atoms with E-state index in [9.17, 15) is 4.79 Å². The fourth-order valence-corrected chi connectivity index (χ4v) is 3.73. The molecule has 2 heterocycles. The number of hydrazone groups is 1. The number of aryl methyl sites for hydroxylation is 3. The second-order valence-corrected chi connectivity index (χ2v) is 7.46. The molecule has 2 aromatic heterocycles. The fourth-order valence-electron chi connectivity index (χ4n) is 2.99. The molecule has 0 saturated heterocycles. The molecule has 0 aliphatic heterocycles. The fraction of sp³-hybridized carbons (Fsp3) is 0.238. The van der Waals surface area contributed by atoms with Gasteiger partial charge in [-0.05, 0) is 52.0 Å². The van der Waals surface area contributed by atoms with Crippen LogP contribution < -0.4 is 5.43 Å². The van der Waals surface area contributed by atoms with E-state index in [4.69, 9.17) is 0 Å². The Kier molecular flexibility index (Phi) is 6.26. The van der Waals surface area contributed by atoms with Crippen LogP contribution >= 0.6 is 11.8 Å². The Hall–Kier alpha value is -2.93. The van der Waals surface area contributed by atoms with Gasteiger partial charge in [0.15, 0.2) is 5.16 Å². The molecule has 1 aromatic carbocycles. The summed E-state index contributed by atoms with van der Waals surface area (Å²) in [5.74, 6) is 0.0179. The van der Waals surface area contributed by atoms with Crippen LogP contribution in [0.4, 0.5) is 0 Å². The summed E-state index contributed by atoms with van der Waals surface area (Å²) in [5, 5.41) is 4.71. The number of hydrogen-bond donors (Lipinski definition) is 1. The van der Waals surface area contributed by atoms with Crippen LogP contribution in [0.25, 0.3) is 5.69 Å². The molecule has 0 fully saturated rings. The number of carbonyl (C=O) groups is 1. The zero-order chi connectivity index (χ0) is 20.1. The second-order valence-electron chi connectivity index (χ2n) is 6.51. The summed E-state index contributed by atoms with van der Waals surface area (Å²) in [6, 6.07) is 14.1. The standard InChI is InChI=1S/C21H23N5OS/c1-14-10-15(2)24-21(23-14)28-13-20(27)25-22-12-18-11-16(3)26(17(18)4)19-8-6-5-7-9-19/h5-12H,13H2,1-4H3,(H,25,27)/b22-12+. The van der Waals surface area contributed by atoms with E-state index in [0.717, 1.165) is 34.0 Å². The smallest absolute Gasteiger partial charge is 0.250 e. The number of nitrogens with one attached hydrogen (secondary N) is 1. The predicted molar refractivity (Wildman–Crippen MR) is 113 cm³/mol. The van der Waals surface area contributed by atoms with Crippen molar-refractivity contribution in [1.29, 1.82) is 0 Å². The number of benzene rings is 1. The lowest BCUT2D eigenvalue weighted by molar-refractivity contribution is -0.118. The maximum atomic E-state index is 12.0. The van der Waals surface area contributed by atoms with E-state index in [1.54, 1.807) is 6.21 Å². The van der Waals surface area contributed by atoms with E-state index in [-0.39, 0.29) is 11.7 Å². The Labute approximate surface area is 169 Å². The van der Waals surface area contributed by atoms with Crippen LogP contribution in [-0.2, 0) is 4.79 Å². The number of hydrogen-bond acceptors (Lipinski definition) is 5. The molecule has 0 bridgehead atoms. The van der Waals surface area contributed by atoms with Gasteiger partial charge in [-0.3, -0.25) is 4.79 Å². The van der Waals surface area contributed by atoms with Gasteiger partial charge in [-0.15, -0.1) is 0 Å². The van der Waals surface area contributed by atoms with Crippen molar-refractivity contribution >= 4 is 23.9 Å². The summed E-state index contributed by atoms with van der Waals surface area (Å²) >= 11 is 1.30. The number of thioether (sulfide) groups is 1. The van der Waals surface area contributed by atoms with Gasteiger partial charge in [0.25, 0.3) is 5.91 Å². The molecule has 3 aromatic rings. The van der Waals surface area contributed by atoms with Gasteiger partial charge in [0.05, 0.1) is 12.0 Å². The summed E-state index contributed by atoms with van der Waals surface area (Å²) in [5.41, 5.74) is 8.60. The summed E-state index contributed by atoms with van der Waals surface area (Å²) < 4.78 is 2.16. The molecule has 0 radical (unpaired) electrons. The van der Waals surface area contributed by atoms with Gasteiger partial charge in [0.1, 0.15) is 0 Å². The lowest BCUT2D eigenvalue weighted by Gasteiger charge is -2.08. The van der Waals surface area contributed by atoms with Crippen LogP contribution in [0.15, 0.2) is 52.7 Å². The van der Waals surface area contributed by atoms with E-state index in [1.165, 1.54) is 11.8 Å². The normalized spacial score (nSPS) is 11.1. The average Bonchev–Trinajstić information content (AvgIpc) is 2.93. The van der Waals surface area contributed by atoms with E-state index < -0.39 is 0 Å². The Morgan fingerprint density at radius 1 is 1.11 bits per heavy atom. The molecule has 6 nitrogen and oxygen atoms in total. The topological polar surface area (TPSA) is 72.2 Å². The first-order valence-electron chi connectivity index (χ1n) is 8.95. The third-order valence-electron chi connectivity index (χ3n) is 4.17. The van der Waals surface area contributed by atoms with Crippen molar-refractivity contribution in [2.45, 2.75) is 32.9 Å². The Morgan fingerprint density at radius 3 is 2.46 bits per heavy atom. The molecule has 1 amide bonds. The number of para-hydroxylation sites is 1. The molecule has 0 spiro atoms. The zero-order valence-electron chi connectivity index (χ0n) is 16.4. The highest BCUT2D eigenvalue weighted by atomic mass is 32.2. The van der Waals surface area contributed by atoms with Crippen molar-refractivity contribution in [3.63, 3.8) is 0 Å². The number of carbonyl (C=O) groups excluding carboxylic acids is 1. The first-order valence-corrected chi connectivity index (χ1v) is 9.94. The molecule has 0 saturated carbocycles. The van der Waals surface area contributed by atoms with Crippen LogP contribution in [0, 0.1) is 27.7 Å². The molecule has 28 heavy (non-hydrogen) atoms. The van der Waals surface area contributed by atoms with Gasteiger partial charge in [-0.25, -0.2) is 15.4 Å². The maximum Gasteiger partial charge on any atom is 0.250 e. The molecule has 1 N–H and O–H groups in total. The largest absolute Gasteiger partial charge is 0.318 e. The van der Waals surface area contributed by atoms with Crippen molar-refractivity contribution in [3.05, 3.63) is 70.8 Å². The number of nitrogens with zero attached hydrogens (tertiary/aromatic N) is 4. The third kappa shape index (κ3) is 4.86. The van der Waals surface area contributed by atoms with Crippen molar-refractivity contribution in [3.8, 4) is 5.69 Å². The molecule has 3 rings (SSSR count). The zero-order valence-corrected chi connectivity index (χ0v) is 17.2. The minimum atomic E-state index is -0.194. The van der Waals surface area contributed by atoms with Crippen LogP contribution in [0.1, 0.15) is 28.3 Å². The minimum Gasteiger partial charge on any atom is -0.318 e. The summed E-state index contributed by atoms with van der Waals surface area (Å²) in [6.45, 7) is 7.91. The minimum absolute atomic E-state index is 0.194. The van der Waals surface area contributed by atoms with Crippen molar-refractivity contribution in [1.82, 2.24) is 20.0 Å². The SMILES string of the molecule is Cc1cc(C)nc(SCC(=O)N/N=C/c2cc(C)n(-c3ccccc3)c2C)n1. The first kappa shape index (κ1) is 19.8. The van der Waals surface area contributed by atoms with Gasteiger partial charge in [0, 0.05) is 34.0 Å². The van der Waals surface area contributed by atoms with Gasteiger partial charge in [-0.1, -0.05) is 30.0 Å². The molecular weight excluding hydrogens is 370 g/mol. The van der Waals surface area contributed by atoms with Crippen molar-refractivity contribution in [2.75, 3.05) is 5.75 Å². The Balaban J connectivity index is 1.61. The van der Waals surface area contributed by atoms with E-state index in [2.05, 4.69) is 50.2 Å². The molecule has 7 heteroatoms. The lowest BCUT2D eigenvalue weighted by Crippen LogP contribution is -2.19. The van der Waals surface area contributed by atoms with Crippen LogP contribution in [0.2, 0.25) is 0 Å². The quantitative estimate of drug-likeness (QED) is 0.300. The average molecular weight is 394 g/mol. The number of aromatic nitrogens is 3. The van der Waals surface area contributed by atoms with Crippen molar-refractivity contribution < 1.29 is 4.79 Å². The predicted octanol–water partition coefficient (Wildman–Crippen LogP) is 3.74. The number of amides is 1. The van der Waals surface area contributed by atoms with E-state index >= 15 is 0 Å². The monoisotopic (exact) mass is 393 g/mol. The van der Waals surface area contributed by atoms with Crippen LogP contribution in [0.3, 0.4) is 0 Å². The van der Waals surface area contributed by atoms with E-state index in [0.29, 0.717) is 5.16 Å². The molecule has 0 atom stereocenters. The van der Waals surface area contributed by atoms with Gasteiger partial charge < -0.3 is 4.57 Å². The van der Waals surface area contributed by atoms with Crippen LogP contribution in [-0.4, -0.2) is 32.4 Å². The first-order chi connectivity index (χ1) is 13.4. The Bertz CT molecular complexity index is 991. The highest BCUT2D eigenvalue weighted by Gasteiger charge is 2.09. The third-order valence-corrected chi connectivity index (χ3v) is 5.02. The maximum absolute atomic E-state index is 12.0. The molecule has 0 aliphatic rings. The van der Waals surface area contributed by atoms with Crippen molar-refractivity contribution in [2.24, 2.45) is 5.10 Å². The van der Waals surface area contributed by atoms with Crippen LogP contribution in [0.5, 0.6) is 0 Å². The summed E-state index contributed by atoms with van der Waals surface area (Å²) in [6.07, 6.45) is 1.68. The van der Waals surface area contributed by atoms with Gasteiger partial charge >= 0.3 is 0 Å². The molecular formula is C21H23N5OS. The van der Waals surface area contributed by atoms with Gasteiger partial charge in [0.2, 0.25) is 0 Å². The highest BCUT2D eigenvalue weighted by Crippen LogP contribution is 2.19. The number of rotatable bonds is 6. The molecule has 0 unspecified atom stereocenters. The highest BCUT2D eigenvalue weighted by molar-refractivity contribution is 7.99. The summed E-state index contributed by atoms with van der Waals surface area (Å²) in [7, 11) is 0. The molecule has 144 valence electrons. The Morgan fingerprint density at radius 2 is 1.79 bits per heavy atom. The molecule has 0 aliphatic carbocycles. The van der Waals surface area contributed by atoms with Gasteiger partial charge in [-0.2, -0.15) is 5.10 Å². The lowest BCUT2D eigenvalue weighted by atomic mass is 10.2.